The summed E-state index contributed by atoms with van der Waals surface area (Å²) in [4.78, 5) is 10.4. The summed E-state index contributed by atoms with van der Waals surface area (Å²) < 4.78 is 38.9. The number of benzene rings is 1. The van der Waals surface area contributed by atoms with E-state index in [-0.39, 0.29) is 10.9 Å². The van der Waals surface area contributed by atoms with Gasteiger partial charge in [0.25, 0.3) is 0 Å². The monoisotopic (exact) mass is 355 g/mol. The Hall–Kier alpha value is -1.03. The lowest BCUT2D eigenvalue weighted by Crippen LogP contribution is -2.41. The van der Waals surface area contributed by atoms with Crippen LogP contribution in [0.2, 0.25) is 0 Å². The zero-order valence-electron chi connectivity index (χ0n) is 9.51. The first-order chi connectivity index (χ1) is 8.77. The molecule has 1 aromatic rings. The van der Waals surface area contributed by atoms with Crippen molar-refractivity contribution in [1.82, 2.24) is 4.72 Å². The van der Waals surface area contributed by atoms with Crippen LogP contribution in [0.25, 0.3) is 0 Å². The fraction of sp³-hybridized carbons (Fsp3) is 0.300. The zero-order chi connectivity index (χ0) is 14.6. The molecule has 0 heterocycles. The zero-order valence-corrected chi connectivity index (χ0v) is 11.9. The van der Waals surface area contributed by atoms with E-state index in [4.69, 9.17) is 10.2 Å². The molecule has 0 saturated heterocycles. The van der Waals surface area contributed by atoms with E-state index in [1.165, 1.54) is 6.07 Å². The normalized spacial score (nSPS) is 13.2. The van der Waals surface area contributed by atoms with E-state index in [2.05, 4.69) is 15.9 Å². The Balaban J connectivity index is 3.03. The molecule has 0 aromatic heterocycles. The summed E-state index contributed by atoms with van der Waals surface area (Å²) >= 11 is 2.88. The van der Waals surface area contributed by atoms with E-state index in [9.17, 15) is 17.6 Å². The van der Waals surface area contributed by atoms with Crippen LogP contribution in [0, 0.1) is 5.82 Å². The third kappa shape index (κ3) is 4.23. The van der Waals surface area contributed by atoms with Crippen molar-refractivity contribution in [3.05, 3.63) is 28.5 Å². The van der Waals surface area contributed by atoms with Crippen LogP contribution in [0.1, 0.15) is 6.42 Å². The maximum atomic E-state index is 13.3. The third-order valence-corrected chi connectivity index (χ3v) is 4.33. The summed E-state index contributed by atoms with van der Waals surface area (Å²) in [5.41, 5.74) is 0. The summed E-state index contributed by atoms with van der Waals surface area (Å²) in [5.74, 6) is -2.20. The standard InChI is InChI=1S/C10H11BrFNO5S/c11-7-2-1-6(5-8(7)12)19(17,18)13-9(3-4-14)10(15)16/h1-2,5,9,13-14H,3-4H2,(H,15,16)/t9-/m0/s1. The smallest absolute Gasteiger partial charge is 0.321 e. The van der Waals surface area contributed by atoms with E-state index < -0.39 is 39.4 Å². The molecule has 0 fully saturated rings. The number of carboxylic acids is 1. The predicted molar refractivity (Wildman–Crippen MR) is 67.5 cm³/mol. The Kier molecular flexibility index (Phi) is 5.41. The number of carbonyl (C=O) groups is 1. The molecule has 0 amide bonds. The van der Waals surface area contributed by atoms with E-state index in [1.54, 1.807) is 0 Å². The first-order valence-corrected chi connectivity index (χ1v) is 7.36. The quantitative estimate of drug-likeness (QED) is 0.696. The van der Waals surface area contributed by atoms with Gasteiger partial charge in [-0.15, -0.1) is 0 Å². The number of hydrogen-bond acceptors (Lipinski definition) is 4. The van der Waals surface area contributed by atoms with Crippen molar-refractivity contribution in [2.24, 2.45) is 0 Å². The largest absolute Gasteiger partial charge is 0.480 e. The van der Waals surface area contributed by atoms with E-state index in [0.717, 1.165) is 12.1 Å². The van der Waals surface area contributed by atoms with E-state index in [0.29, 0.717) is 0 Å². The number of hydrogen-bond donors (Lipinski definition) is 3. The fourth-order valence-electron chi connectivity index (χ4n) is 1.26. The maximum Gasteiger partial charge on any atom is 0.321 e. The first kappa shape index (κ1) is 16.0. The van der Waals surface area contributed by atoms with Crippen LogP contribution in [0.15, 0.2) is 27.6 Å². The Morgan fingerprint density at radius 2 is 2.11 bits per heavy atom. The topological polar surface area (TPSA) is 104 Å². The van der Waals surface area contributed by atoms with Crippen LogP contribution in [0.3, 0.4) is 0 Å². The number of aliphatic hydroxyl groups excluding tert-OH is 1. The minimum atomic E-state index is -4.17. The van der Waals surface area contributed by atoms with Gasteiger partial charge in [-0.05, 0) is 40.5 Å². The average Bonchev–Trinajstić information content (AvgIpc) is 2.31. The van der Waals surface area contributed by atoms with Crippen LogP contribution >= 0.6 is 15.9 Å². The summed E-state index contributed by atoms with van der Waals surface area (Å²) in [6, 6.07) is 1.63. The van der Waals surface area contributed by atoms with Crippen molar-refractivity contribution < 1.29 is 27.8 Å². The van der Waals surface area contributed by atoms with Gasteiger partial charge in [-0.1, -0.05) is 0 Å². The molecule has 0 saturated carbocycles. The van der Waals surface area contributed by atoms with Gasteiger partial charge in [0.1, 0.15) is 11.9 Å². The van der Waals surface area contributed by atoms with Crippen LogP contribution in [0.4, 0.5) is 4.39 Å². The molecule has 0 spiro atoms. The summed E-state index contributed by atoms with van der Waals surface area (Å²) in [7, 11) is -4.17. The van der Waals surface area contributed by atoms with Crippen LogP contribution in [-0.4, -0.2) is 37.2 Å². The second kappa shape index (κ2) is 6.42. The fourth-order valence-corrected chi connectivity index (χ4v) is 2.74. The Labute approximate surface area is 117 Å². The van der Waals surface area contributed by atoms with Gasteiger partial charge in [-0.25, -0.2) is 12.8 Å². The molecule has 0 aliphatic heterocycles. The molecular weight excluding hydrogens is 345 g/mol. The first-order valence-electron chi connectivity index (χ1n) is 5.09. The molecule has 1 rings (SSSR count). The summed E-state index contributed by atoms with van der Waals surface area (Å²) in [5, 5.41) is 17.5. The molecule has 9 heteroatoms. The average molecular weight is 356 g/mol. The molecule has 0 aliphatic carbocycles. The number of halogens is 2. The lowest BCUT2D eigenvalue weighted by Gasteiger charge is -2.13. The molecule has 0 aliphatic rings. The maximum absolute atomic E-state index is 13.3. The van der Waals surface area contributed by atoms with Gasteiger partial charge < -0.3 is 10.2 Å². The molecule has 1 atom stereocenters. The van der Waals surface area contributed by atoms with E-state index >= 15 is 0 Å². The predicted octanol–water partition coefficient (Wildman–Crippen LogP) is 0.702. The highest BCUT2D eigenvalue weighted by Gasteiger charge is 2.25. The Morgan fingerprint density at radius 1 is 1.47 bits per heavy atom. The van der Waals surface area contributed by atoms with Gasteiger partial charge in [0.2, 0.25) is 10.0 Å². The van der Waals surface area contributed by atoms with Crippen molar-refractivity contribution in [2.45, 2.75) is 17.4 Å². The Morgan fingerprint density at radius 3 is 2.58 bits per heavy atom. The highest BCUT2D eigenvalue weighted by molar-refractivity contribution is 9.10. The highest BCUT2D eigenvalue weighted by atomic mass is 79.9. The lowest BCUT2D eigenvalue weighted by molar-refractivity contribution is -0.139. The summed E-state index contributed by atoms with van der Waals surface area (Å²) in [6.45, 7) is -0.492. The highest BCUT2D eigenvalue weighted by Crippen LogP contribution is 2.19. The molecule has 6 nitrogen and oxygen atoms in total. The molecule has 19 heavy (non-hydrogen) atoms. The van der Waals surface area contributed by atoms with Crippen LogP contribution in [0.5, 0.6) is 0 Å². The van der Waals surface area contributed by atoms with Crippen LogP contribution < -0.4 is 4.72 Å². The van der Waals surface area contributed by atoms with Crippen molar-refractivity contribution in [3.8, 4) is 0 Å². The van der Waals surface area contributed by atoms with Gasteiger partial charge in [0.15, 0.2) is 0 Å². The van der Waals surface area contributed by atoms with Crippen LogP contribution in [-0.2, 0) is 14.8 Å². The number of nitrogens with one attached hydrogen (secondary N) is 1. The second-order valence-electron chi connectivity index (χ2n) is 3.60. The number of carboxylic acid groups (broad SMARTS) is 1. The molecule has 0 radical (unpaired) electrons. The molecule has 0 unspecified atom stereocenters. The number of rotatable bonds is 6. The number of aliphatic carboxylic acids is 1. The van der Waals surface area contributed by atoms with E-state index in [1.807, 2.05) is 4.72 Å². The third-order valence-electron chi connectivity index (χ3n) is 2.21. The van der Waals surface area contributed by atoms with Crippen molar-refractivity contribution in [3.63, 3.8) is 0 Å². The lowest BCUT2D eigenvalue weighted by atomic mass is 10.2. The molecule has 3 N–H and O–H groups in total. The van der Waals surface area contributed by atoms with Gasteiger partial charge in [0.05, 0.1) is 9.37 Å². The second-order valence-corrected chi connectivity index (χ2v) is 6.17. The molecule has 106 valence electrons. The van der Waals surface area contributed by atoms with Crippen molar-refractivity contribution >= 4 is 31.9 Å². The van der Waals surface area contributed by atoms with Gasteiger partial charge in [-0.2, -0.15) is 4.72 Å². The SMILES string of the molecule is O=C(O)[C@H](CCO)NS(=O)(=O)c1ccc(Br)c(F)c1. The molecule has 0 bridgehead atoms. The minimum Gasteiger partial charge on any atom is -0.480 e. The molecule has 1 aromatic carbocycles. The van der Waals surface area contributed by atoms with Crippen molar-refractivity contribution in [1.29, 1.82) is 0 Å². The van der Waals surface area contributed by atoms with Gasteiger partial charge in [0, 0.05) is 6.61 Å². The number of aliphatic hydroxyl groups is 1. The number of sulfonamides is 1. The summed E-state index contributed by atoms with van der Waals surface area (Å²) in [6.07, 6.45) is -0.284. The van der Waals surface area contributed by atoms with Crippen molar-refractivity contribution in [2.75, 3.05) is 6.61 Å². The van der Waals surface area contributed by atoms with Gasteiger partial charge in [-0.3, -0.25) is 4.79 Å². The Bertz CT molecular complexity index is 577. The minimum absolute atomic E-state index is 0.0941. The van der Waals surface area contributed by atoms with Gasteiger partial charge >= 0.3 is 5.97 Å². The molecular formula is C10H11BrFNO5S.